The number of nitrogens with one attached hydrogen (secondary N) is 1. The topological polar surface area (TPSA) is 61.2 Å². The molecule has 0 saturated carbocycles. The summed E-state index contributed by atoms with van der Waals surface area (Å²) in [5.41, 5.74) is 5.14. The number of aromatic amines is 1. The summed E-state index contributed by atoms with van der Waals surface area (Å²) >= 11 is 4.64. The fraction of sp³-hybridized carbons (Fsp3) is 0.190. The Bertz CT molecular complexity index is 1330. The Morgan fingerprint density at radius 2 is 1.96 bits per heavy atom. The Kier molecular flexibility index (Phi) is 3.12. The molecule has 0 aliphatic carbocycles. The van der Waals surface area contributed by atoms with E-state index in [-0.39, 0.29) is 18.5 Å². The first-order valence-electron chi connectivity index (χ1n) is 9.11. The highest BCUT2D eigenvalue weighted by atomic mass is 32.1. The second-order valence-electron chi connectivity index (χ2n) is 7.24. The minimum absolute atomic E-state index is 0.0769. The molecule has 0 bridgehead atoms. The van der Waals surface area contributed by atoms with Gasteiger partial charge in [0, 0.05) is 30.1 Å². The van der Waals surface area contributed by atoms with E-state index >= 15 is 0 Å². The highest BCUT2D eigenvalue weighted by Crippen LogP contribution is 2.42. The molecule has 0 unspecified atom stereocenters. The molecule has 2 aromatic heterocycles. The number of hydrogen-bond donors (Lipinski definition) is 2. The fourth-order valence-corrected chi connectivity index (χ4v) is 4.71. The molecule has 0 spiro atoms. The van der Waals surface area contributed by atoms with Crippen LogP contribution in [0.25, 0.3) is 10.9 Å². The summed E-state index contributed by atoms with van der Waals surface area (Å²) in [5.74, 6) is 1.43. The summed E-state index contributed by atoms with van der Waals surface area (Å²) in [6.07, 6.45) is 0.662. The second-order valence-corrected chi connectivity index (χ2v) is 7.66. The number of aromatic nitrogens is 3. The summed E-state index contributed by atoms with van der Waals surface area (Å²) in [6.45, 7) is 0.221. The molecule has 0 amide bonds. The molecule has 6 rings (SSSR count). The van der Waals surface area contributed by atoms with Crippen LogP contribution in [0.3, 0.4) is 0 Å². The highest BCUT2D eigenvalue weighted by Gasteiger charge is 2.34. The number of fused-ring (bicyclic) bond motifs is 5. The zero-order valence-electron chi connectivity index (χ0n) is 15.1. The van der Waals surface area contributed by atoms with E-state index in [4.69, 9.17) is 9.47 Å². The molecule has 1 atom stereocenters. The molecule has 2 aliphatic rings. The van der Waals surface area contributed by atoms with Crippen LogP contribution in [0, 0.1) is 0 Å². The molecule has 0 saturated heterocycles. The zero-order valence-corrected chi connectivity index (χ0v) is 16.0. The van der Waals surface area contributed by atoms with Crippen molar-refractivity contribution in [3.8, 4) is 11.5 Å². The van der Waals surface area contributed by atoms with Crippen molar-refractivity contribution in [1.82, 2.24) is 14.1 Å². The second kappa shape index (κ2) is 5.48. The molecule has 7 heteroatoms. The highest BCUT2D eigenvalue weighted by molar-refractivity contribution is 7.80. The number of rotatable bonds is 1. The Morgan fingerprint density at radius 3 is 2.86 bits per heavy atom. The van der Waals surface area contributed by atoms with Gasteiger partial charge >= 0.3 is 5.69 Å². The summed E-state index contributed by atoms with van der Waals surface area (Å²) in [4.78, 5) is 16.6. The molecular weight excluding hydrogens is 374 g/mol. The first-order chi connectivity index (χ1) is 13.6. The minimum atomic E-state index is -0.278. The van der Waals surface area contributed by atoms with Crippen molar-refractivity contribution in [1.29, 1.82) is 0 Å². The lowest BCUT2D eigenvalue weighted by Gasteiger charge is -2.26. The molecule has 6 nitrogen and oxygen atoms in total. The monoisotopic (exact) mass is 391 g/mol. The van der Waals surface area contributed by atoms with Crippen LogP contribution in [0.15, 0.2) is 52.3 Å². The standard InChI is InChI=1S/C21H17N3O3S/c1-23-20(28)15-9-13-12-4-2-3-5-14(12)22-18(13)19(24(15)21(23)25)11-6-7-16-17(8-11)27-10-26-16/h2-8,19,22,28H,9-10H2,1H3/t19-/m1/s1. The van der Waals surface area contributed by atoms with E-state index in [1.54, 1.807) is 11.6 Å². The van der Waals surface area contributed by atoms with Gasteiger partial charge < -0.3 is 14.5 Å². The van der Waals surface area contributed by atoms with Crippen molar-refractivity contribution in [2.45, 2.75) is 17.5 Å². The molecule has 4 heterocycles. The summed E-state index contributed by atoms with van der Waals surface area (Å²) in [7, 11) is 1.76. The predicted octanol–water partition coefficient (Wildman–Crippen LogP) is 3.23. The van der Waals surface area contributed by atoms with Crippen LogP contribution in [-0.4, -0.2) is 20.9 Å². The lowest BCUT2D eigenvalue weighted by atomic mass is 9.93. The van der Waals surface area contributed by atoms with Crippen LogP contribution < -0.4 is 15.2 Å². The third-order valence-corrected chi connectivity index (χ3v) is 6.35. The zero-order chi connectivity index (χ0) is 19.0. The number of para-hydroxylation sites is 1. The van der Waals surface area contributed by atoms with Gasteiger partial charge in [0.1, 0.15) is 6.04 Å². The Morgan fingerprint density at radius 1 is 1.14 bits per heavy atom. The minimum Gasteiger partial charge on any atom is -0.454 e. The molecular formula is C21H17N3O3S. The maximum Gasteiger partial charge on any atom is 0.329 e. The molecule has 140 valence electrons. The number of benzene rings is 2. The number of nitrogens with zero attached hydrogens (tertiary/aromatic N) is 2. The number of H-pyrrole nitrogens is 1. The van der Waals surface area contributed by atoms with Crippen LogP contribution in [0.1, 0.15) is 28.6 Å². The van der Waals surface area contributed by atoms with Gasteiger partial charge in [-0.15, -0.1) is 12.6 Å². The largest absolute Gasteiger partial charge is 0.454 e. The lowest BCUT2D eigenvalue weighted by Crippen LogP contribution is -2.31. The van der Waals surface area contributed by atoms with Crippen molar-refractivity contribution in [3.05, 3.63) is 75.5 Å². The van der Waals surface area contributed by atoms with E-state index in [1.807, 2.05) is 34.9 Å². The quantitative estimate of drug-likeness (QED) is 0.431. The number of hydrogen-bond acceptors (Lipinski definition) is 4. The van der Waals surface area contributed by atoms with Gasteiger partial charge in [0.15, 0.2) is 11.5 Å². The average molecular weight is 391 g/mol. The van der Waals surface area contributed by atoms with Crippen molar-refractivity contribution >= 4 is 23.5 Å². The van der Waals surface area contributed by atoms with Crippen LogP contribution in [0.2, 0.25) is 0 Å². The van der Waals surface area contributed by atoms with E-state index in [0.29, 0.717) is 17.2 Å². The molecule has 1 N–H and O–H groups in total. The van der Waals surface area contributed by atoms with Gasteiger partial charge in [-0.2, -0.15) is 0 Å². The smallest absolute Gasteiger partial charge is 0.329 e. The maximum atomic E-state index is 13.1. The third-order valence-electron chi connectivity index (χ3n) is 5.79. The number of imidazole rings is 1. The summed E-state index contributed by atoms with van der Waals surface area (Å²) in [5, 5.41) is 1.88. The molecule has 4 aromatic rings. The molecule has 0 radical (unpaired) electrons. The van der Waals surface area contributed by atoms with Gasteiger partial charge in [-0.3, -0.25) is 9.13 Å². The van der Waals surface area contributed by atoms with E-state index in [9.17, 15) is 4.79 Å². The maximum absolute atomic E-state index is 13.1. The SMILES string of the molecule is Cn1c(S)c2n(c1=O)[C@H](c1ccc3c(c1)OCO3)c1[nH]c3ccccc3c1C2. The van der Waals surface area contributed by atoms with Crippen LogP contribution in [-0.2, 0) is 13.5 Å². The summed E-state index contributed by atoms with van der Waals surface area (Å²) < 4.78 is 14.5. The molecule has 0 fully saturated rings. The van der Waals surface area contributed by atoms with Crippen LogP contribution >= 0.6 is 12.6 Å². The van der Waals surface area contributed by atoms with Crippen LogP contribution in [0.4, 0.5) is 0 Å². The normalized spacial score (nSPS) is 17.0. The van der Waals surface area contributed by atoms with Crippen molar-refractivity contribution in [2.75, 3.05) is 6.79 Å². The Labute approximate surface area is 165 Å². The van der Waals surface area contributed by atoms with E-state index in [1.165, 1.54) is 10.9 Å². The van der Waals surface area contributed by atoms with Gasteiger partial charge in [0.05, 0.1) is 10.7 Å². The predicted molar refractivity (Wildman–Crippen MR) is 108 cm³/mol. The number of ether oxygens (including phenoxy) is 2. The fourth-order valence-electron chi connectivity index (χ4n) is 4.44. The Balaban J connectivity index is 1.68. The first kappa shape index (κ1) is 15.9. The molecule has 2 aliphatic heterocycles. The van der Waals surface area contributed by atoms with Gasteiger partial charge in [0.2, 0.25) is 6.79 Å². The van der Waals surface area contributed by atoms with Crippen molar-refractivity contribution < 1.29 is 9.47 Å². The summed E-state index contributed by atoms with van der Waals surface area (Å²) in [6, 6.07) is 13.8. The number of thiol groups is 1. The van der Waals surface area contributed by atoms with E-state index in [0.717, 1.165) is 28.2 Å². The van der Waals surface area contributed by atoms with Crippen molar-refractivity contribution in [3.63, 3.8) is 0 Å². The van der Waals surface area contributed by atoms with Gasteiger partial charge in [0.25, 0.3) is 0 Å². The molecule has 2 aromatic carbocycles. The third kappa shape index (κ3) is 1.97. The average Bonchev–Trinajstić information content (AvgIpc) is 3.38. The lowest BCUT2D eigenvalue weighted by molar-refractivity contribution is 0.174. The first-order valence-corrected chi connectivity index (χ1v) is 9.56. The van der Waals surface area contributed by atoms with Gasteiger partial charge in [-0.05, 0) is 29.3 Å². The Hall–Kier alpha value is -3.06. The van der Waals surface area contributed by atoms with E-state index in [2.05, 4.69) is 29.7 Å². The van der Waals surface area contributed by atoms with Crippen LogP contribution in [0.5, 0.6) is 11.5 Å². The van der Waals surface area contributed by atoms with Gasteiger partial charge in [-0.1, -0.05) is 24.3 Å². The molecule has 28 heavy (non-hydrogen) atoms. The van der Waals surface area contributed by atoms with Crippen molar-refractivity contribution in [2.24, 2.45) is 7.05 Å². The van der Waals surface area contributed by atoms with E-state index < -0.39 is 0 Å². The van der Waals surface area contributed by atoms with Gasteiger partial charge in [-0.25, -0.2) is 4.79 Å².